The number of aliphatic hydroxyl groups excluding tert-OH is 1. The maximum absolute atomic E-state index is 10.5. The van der Waals surface area contributed by atoms with Crippen molar-refractivity contribution in [2.24, 2.45) is 0 Å². The second kappa shape index (κ2) is 6.41. The van der Waals surface area contributed by atoms with E-state index in [4.69, 9.17) is 13.6 Å². The fraction of sp³-hybridized carbons (Fsp3) is 1.00. The summed E-state index contributed by atoms with van der Waals surface area (Å²) in [6, 6.07) is 0. The monoisotopic (exact) mass is 388 g/mol. The van der Waals surface area contributed by atoms with Gasteiger partial charge in [0.1, 0.15) is 5.60 Å². The molecule has 2 unspecified atom stereocenters. The lowest BCUT2D eigenvalue weighted by Gasteiger charge is -2.48. The highest BCUT2D eigenvalue weighted by atomic mass is 28.4. The maximum Gasteiger partial charge on any atom is 0.192 e. The van der Waals surface area contributed by atoms with Crippen LogP contribution < -0.4 is 0 Å². The number of epoxide rings is 1. The SMILES string of the molecule is CC(C)(C)[Si](C)(C)O[C@H]1CC(O)C[C@@H](O[Si](C)(C)C(C)(C)C)C12CO2. The van der Waals surface area contributed by atoms with Crippen LogP contribution in [0, 0.1) is 0 Å². The number of hydrogen-bond acceptors (Lipinski definition) is 4. The summed E-state index contributed by atoms with van der Waals surface area (Å²) in [4.78, 5) is 0. The number of ether oxygens (including phenoxy) is 1. The van der Waals surface area contributed by atoms with E-state index < -0.39 is 16.6 Å². The Morgan fingerprint density at radius 2 is 1.16 bits per heavy atom. The van der Waals surface area contributed by atoms with E-state index in [-0.39, 0.29) is 34.0 Å². The number of hydrogen-bond donors (Lipinski definition) is 1. The van der Waals surface area contributed by atoms with E-state index in [1.807, 2.05) is 0 Å². The molecule has 4 nitrogen and oxygen atoms in total. The Morgan fingerprint density at radius 1 is 0.840 bits per heavy atom. The van der Waals surface area contributed by atoms with Crippen molar-refractivity contribution < 1.29 is 18.7 Å². The van der Waals surface area contributed by atoms with E-state index in [2.05, 4.69) is 67.7 Å². The molecule has 1 aliphatic heterocycles. The molecule has 1 aliphatic carbocycles. The predicted octanol–water partition coefficient (Wildman–Crippen LogP) is 4.69. The molecule has 1 N–H and O–H groups in total. The quantitative estimate of drug-likeness (QED) is 0.560. The van der Waals surface area contributed by atoms with Gasteiger partial charge in [-0.15, -0.1) is 0 Å². The third kappa shape index (κ3) is 4.24. The molecule has 148 valence electrons. The zero-order chi connectivity index (χ0) is 19.5. The molecule has 0 bridgehead atoms. The van der Waals surface area contributed by atoms with Crippen LogP contribution in [0.2, 0.25) is 36.3 Å². The number of aliphatic hydroxyl groups is 1. The van der Waals surface area contributed by atoms with E-state index in [1.165, 1.54) is 0 Å². The van der Waals surface area contributed by atoms with Crippen molar-refractivity contribution in [3.63, 3.8) is 0 Å². The van der Waals surface area contributed by atoms with Gasteiger partial charge >= 0.3 is 0 Å². The third-order valence-electron chi connectivity index (χ3n) is 7.03. The highest BCUT2D eigenvalue weighted by Gasteiger charge is 2.64. The number of rotatable bonds is 4. The van der Waals surface area contributed by atoms with Gasteiger partial charge in [0.2, 0.25) is 0 Å². The van der Waals surface area contributed by atoms with Gasteiger partial charge < -0.3 is 18.7 Å². The molecular weight excluding hydrogens is 348 g/mol. The molecule has 1 spiro atoms. The lowest BCUT2D eigenvalue weighted by Crippen LogP contribution is -2.59. The molecule has 0 aromatic carbocycles. The Bertz CT molecular complexity index is 447. The zero-order valence-corrected chi connectivity index (χ0v) is 20.0. The summed E-state index contributed by atoms with van der Waals surface area (Å²) in [7, 11) is -3.86. The summed E-state index contributed by atoms with van der Waals surface area (Å²) >= 11 is 0. The topological polar surface area (TPSA) is 51.2 Å². The Kier molecular flexibility index (Phi) is 5.54. The van der Waals surface area contributed by atoms with Crippen molar-refractivity contribution in [3.05, 3.63) is 0 Å². The summed E-state index contributed by atoms with van der Waals surface area (Å²) in [6.07, 6.45) is 0.812. The largest absolute Gasteiger partial charge is 0.411 e. The molecule has 4 atom stereocenters. The first-order chi connectivity index (χ1) is 11.0. The fourth-order valence-corrected chi connectivity index (χ4v) is 5.73. The van der Waals surface area contributed by atoms with Gasteiger partial charge in [-0.1, -0.05) is 41.5 Å². The minimum atomic E-state index is -1.93. The van der Waals surface area contributed by atoms with Gasteiger partial charge in [-0.05, 0) is 36.3 Å². The van der Waals surface area contributed by atoms with Gasteiger partial charge in [0.05, 0.1) is 24.9 Å². The fourth-order valence-electron chi connectivity index (χ4n) is 3.01. The average Bonchev–Trinajstić information content (AvgIpc) is 3.13. The van der Waals surface area contributed by atoms with Crippen LogP contribution >= 0.6 is 0 Å². The Morgan fingerprint density at radius 3 is 1.40 bits per heavy atom. The molecule has 0 amide bonds. The summed E-state index contributed by atoms with van der Waals surface area (Å²) in [5.41, 5.74) is -0.343. The van der Waals surface area contributed by atoms with Crippen LogP contribution in [0.3, 0.4) is 0 Å². The van der Waals surface area contributed by atoms with Crippen molar-refractivity contribution in [3.8, 4) is 0 Å². The van der Waals surface area contributed by atoms with Gasteiger partial charge in [-0.25, -0.2) is 0 Å². The molecule has 1 heterocycles. The first-order valence-corrected chi connectivity index (χ1v) is 15.5. The molecule has 1 saturated carbocycles. The van der Waals surface area contributed by atoms with E-state index in [1.54, 1.807) is 0 Å². The van der Waals surface area contributed by atoms with Crippen molar-refractivity contribution in [2.75, 3.05) is 6.61 Å². The molecule has 2 aliphatic rings. The smallest absolute Gasteiger partial charge is 0.192 e. The summed E-state index contributed by atoms with van der Waals surface area (Å²) in [5.74, 6) is 0. The Balaban J connectivity index is 2.22. The van der Waals surface area contributed by atoms with Crippen LogP contribution in [0.25, 0.3) is 0 Å². The van der Waals surface area contributed by atoms with Crippen LogP contribution in [0.1, 0.15) is 54.4 Å². The van der Waals surface area contributed by atoms with E-state index in [9.17, 15) is 5.11 Å². The summed E-state index contributed by atoms with van der Waals surface area (Å²) < 4.78 is 19.4. The second-order valence-electron chi connectivity index (χ2n) is 11.1. The van der Waals surface area contributed by atoms with Crippen LogP contribution in [0.5, 0.6) is 0 Å². The van der Waals surface area contributed by atoms with Crippen LogP contribution in [0.15, 0.2) is 0 Å². The molecule has 25 heavy (non-hydrogen) atoms. The minimum Gasteiger partial charge on any atom is -0.411 e. The van der Waals surface area contributed by atoms with Gasteiger partial charge in [-0.2, -0.15) is 0 Å². The molecule has 2 rings (SSSR count). The standard InChI is InChI=1S/C19H40O4Si2/c1-17(2,3)24(7,8)22-15-11-14(20)12-16(19(15)13-21-19)23-25(9,10)18(4,5)6/h14-16,20H,11-13H2,1-10H3/t14?,15-,16+,19?. The molecule has 0 aromatic heterocycles. The molecule has 1 saturated heterocycles. The van der Waals surface area contributed by atoms with Crippen molar-refractivity contribution in [1.29, 1.82) is 0 Å². The lowest BCUT2D eigenvalue weighted by atomic mass is 9.82. The maximum atomic E-state index is 10.5. The second-order valence-corrected chi connectivity index (χ2v) is 20.6. The Hall–Kier alpha value is 0.274. The highest BCUT2D eigenvalue weighted by molar-refractivity contribution is 6.74. The zero-order valence-electron chi connectivity index (χ0n) is 18.0. The normalized spacial score (nSPS) is 34.4. The van der Waals surface area contributed by atoms with Crippen molar-refractivity contribution in [1.82, 2.24) is 0 Å². The summed E-state index contributed by atoms with van der Waals surface area (Å²) in [6.45, 7) is 23.3. The molecule has 6 heteroatoms. The highest BCUT2D eigenvalue weighted by Crippen LogP contribution is 2.50. The molecule has 0 aromatic rings. The van der Waals surface area contributed by atoms with Gasteiger partial charge in [-0.3, -0.25) is 0 Å². The third-order valence-corrected chi connectivity index (χ3v) is 16.0. The van der Waals surface area contributed by atoms with Crippen molar-refractivity contribution >= 4 is 16.6 Å². The van der Waals surface area contributed by atoms with Crippen LogP contribution in [-0.2, 0) is 13.6 Å². The molecule has 2 fully saturated rings. The minimum absolute atomic E-state index is 0.0630. The first-order valence-electron chi connectivity index (χ1n) is 9.69. The molecular formula is C19H40O4Si2. The first kappa shape index (κ1) is 21.6. The van der Waals surface area contributed by atoms with E-state index in [0.717, 1.165) is 0 Å². The van der Waals surface area contributed by atoms with E-state index in [0.29, 0.717) is 19.4 Å². The van der Waals surface area contributed by atoms with Crippen LogP contribution in [-0.4, -0.2) is 52.3 Å². The van der Waals surface area contributed by atoms with Crippen molar-refractivity contribution in [2.45, 2.75) is 115 Å². The average molecular weight is 389 g/mol. The predicted molar refractivity (Wildman–Crippen MR) is 108 cm³/mol. The van der Waals surface area contributed by atoms with E-state index >= 15 is 0 Å². The van der Waals surface area contributed by atoms with Gasteiger partial charge in [0.25, 0.3) is 0 Å². The van der Waals surface area contributed by atoms with Gasteiger partial charge in [0, 0.05) is 12.8 Å². The van der Waals surface area contributed by atoms with Crippen LogP contribution in [0.4, 0.5) is 0 Å². The lowest BCUT2D eigenvalue weighted by molar-refractivity contribution is -0.0762. The van der Waals surface area contributed by atoms with Gasteiger partial charge in [0.15, 0.2) is 16.6 Å². The molecule has 0 radical (unpaired) electrons. The summed E-state index contributed by atoms with van der Waals surface area (Å²) in [5, 5.41) is 10.8. The Labute approximate surface area is 156 Å².